The van der Waals surface area contributed by atoms with Gasteiger partial charge in [0, 0.05) is 0 Å². The Morgan fingerprint density at radius 1 is 1.60 bits per heavy atom. The predicted octanol–water partition coefficient (Wildman–Crippen LogP) is 1.99. The largest absolute Gasteiger partial charge is 0.432 e. The van der Waals surface area contributed by atoms with E-state index in [1.807, 2.05) is 0 Å². The molecule has 0 N–H and O–H groups in total. The maximum atomic E-state index is 9.77. The summed E-state index contributed by atoms with van der Waals surface area (Å²) in [6.07, 6.45) is 1.26. The molecule has 1 aromatic heterocycles. The van der Waals surface area contributed by atoms with Crippen molar-refractivity contribution in [1.82, 2.24) is 0 Å². The van der Waals surface area contributed by atoms with Crippen molar-refractivity contribution in [2.75, 3.05) is 0 Å². The van der Waals surface area contributed by atoms with E-state index in [1.54, 1.807) is 0 Å². The van der Waals surface area contributed by atoms with E-state index in [-0.39, 0.29) is 5.88 Å². The van der Waals surface area contributed by atoms with Crippen LogP contribution < -0.4 is 0 Å². The van der Waals surface area contributed by atoms with E-state index in [0.717, 1.165) is 0 Å². The van der Waals surface area contributed by atoms with Gasteiger partial charge in [-0.2, -0.15) is 0 Å². The summed E-state index contributed by atoms with van der Waals surface area (Å²) in [7, 11) is 0. The molecule has 0 unspecified atom stereocenters. The molecule has 1 aromatic rings. The highest BCUT2D eigenvalue weighted by atomic mass is 16.6. The third-order valence-electron chi connectivity index (χ3n) is 0.686. The average molecular weight is 141 g/mol. The zero-order valence-corrected chi connectivity index (χ0v) is 5.32. The Kier molecular flexibility index (Phi) is 3.63. The topological polar surface area (TPSA) is 56.3 Å². The zero-order valence-electron chi connectivity index (χ0n) is 5.32. The Balaban J connectivity index is 0.000000371. The fourth-order valence-electron chi connectivity index (χ4n) is 0.374. The van der Waals surface area contributed by atoms with Crippen LogP contribution in [0.5, 0.6) is 0 Å². The molecule has 0 spiro atoms. The minimum Gasteiger partial charge on any atom is -0.409 e. The molecule has 1 rings (SSSR count). The summed E-state index contributed by atoms with van der Waals surface area (Å²) in [4.78, 5) is 9.19. The van der Waals surface area contributed by atoms with Gasteiger partial charge in [-0.15, -0.1) is 13.2 Å². The van der Waals surface area contributed by atoms with E-state index in [0.29, 0.717) is 0 Å². The molecule has 0 saturated heterocycles. The van der Waals surface area contributed by atoms with Crippen LogP contribution in [0.15, 0.2) is 36.0 Å². The lowest BCUT2D eigenvalue weighted by Crippen LogP contribution is -1.81. The maximum absolute atomic E-state index is 9.77. The minimum absolute atomic E-state index is 0.218. The first-order chi connectivity index (χ1) is 4.80. The molecule has 0 aliphatic carbocycles. The number of hydrogen-bond donors (Lipinski definition) is 0. The molecule has 0 aromatic carbocycles. The van der Waals surface area contributed by atoms with Gasteiger partial charge in [0.25, 0.3) is 0 Å². The van der Waals surface area contributed by atoms with Gasteiger partial charge in [-0.25, -0.2) is 0 Å². The molecule has 0 bridgehead atoms. The fourth-order valence-corrected chi connectivity index (χ4v) is 0.374. The van der Waals surface area contributed by atoms with E-state index in [4.69, 9.17) is 0 Å². The Hall–Kier alpha value is -1.58. The van der Waals surface area contributed by atoms with Crippen molar-refractivity contribution in [2.24, 2.45) is 0 Å². The SMILES string of the molecule is C=C.O=[N+]([O-])c1ccco1. The molecule has 0 fully saturated rings. The zero-order chi connectivity index (χ0) is 7.98. The summed E-state index contributed by atoms with van der Waals surface area (Å²) >= 11 is 0. The second-order valence-corrected chi connectivity index (χ2v) is 1.21. The van der Waals surface area contributed by atoms with Gasteiger partial charge in [0.15, 0.2) is 0 Å². The van der Waals surface area contributed by atoms with E-state index in [9.17, 15) is 10.1 Å². The molecule has 4 nitrogen and oxygen atoms in total. The molecule has 4 heteroatoms. The summed E-state index contributed by atoms with van der Waals surface area (Å²) in [5, 5.41) is 9.77. The van der Waals surface area contributed by atoms with Crippen LogP contribution in [-0.4, -0.2) is 4.92 Å². The normalized spacial score (nSPS) is 7.60. The Labute approximate surface area is 57.9 Å². The summed E-state index contributed by atoms with van der Waals surface area (Å²) in [6.45, 7) is 6.00. The van der Waals surface area contributed by atoms with Crippen LogP contribution in [0.3, 0.4) is 0 Å². The van der Waals surface area contributed by atoms with E-state index in [2.05, 4.69) is 17.6 Å². The van der Waals surface area contributed by atoms with Gasteiger partial charge < -0.3 is 4.42 Å². The number of furan rings is 1. The third-order valence-corrected chi connectivity index (χ3v) is 0.686. The predicted molar refractivity (Wildman–Crippen MR) is 36.6 cm³/mol. The molecule has 0 aliphatic heterocycles. The highest BCUT2D eigenvalue weighted by Crippen LogP contribution is 2.08. The molecule has 0 aliphatic rings. The Morgan fingerprint density at radius 3 is 2.40 bits per heavy atom. The van der Waals surface area contributed by atoms with Crippen LogP contribution in [0.25, 0.3) is 0 Å². The van der Waals surface area contributed by atoms with Gasteiger partial charge in [-0.1, -0.05) is 0 Å². The summed E-state index contributed by atoms with van der Waals surface area (Å²) < 4.78 is 4.40. The average Bonchev–Trinajstić information content (AvgIpc) is 2.42. The number of rotatable bonds is 1. The summed E-state index contributed by atoms with van der Waals surface area (Å²) in [5.74, 6) is -0.218. The molecule has 0 radical (unpaired) electrons. The molecule has 0 saturated carbocycles. The molecule has 54 valence electrons. The monoisotopic (exact) mass is 141 g/mol. The lowest BCUT2D eigenvalue weighted by molar-refractivity contribution is -0.402. The van der Waals surface area contributed by atoms with Crippen molar-refractivity contribution in [3.05, 3.63) is 41.7 Å². The quantitative estimate of drug-likeness (QED) is 0.341. The van der Waals surface area contributed by atoms with Gasteiger partial charge in [-0.05, 0) is 6.07 Å². The fraction of sp³-hybridized carbons (Fsp3) is 0. The van der Waals surface area contributed by atoms with Crippen molar-refractivity contribution in [3.8, 4) is 0 Å². The van der Waals surface area contributed by atoms with Crippen LogP contribution in [0.1, 0.15) is 0 Å². The molecule has 0 amide bonds. The maximum Gasteiger partial charge on any atom is 0.432 e. The van der Waals surface area contributed by atoms with Crippen molar-refractivity contribution in [3.63, 3.8) is 0 Å². The number of hydrogen-bond acceptors (Lipinski definition) is 3. The van der Waals surface area contributed by atoms with Crippen LogP contribution in [0.4, 0.5) is 5.88 Å². The van der Waals surface area contributed by atoms with E-state index < -0.39 is 4.92 Å². The second kappa shape index (κ2) is 4.31. The van der Waals surface area contributed by atoms with Gasteiger partial charge in [0.2, 0.25) is 0 Å². The molecule has 0 atom stereocenters. The van der Waals surface area contributed by atoms with Crippen molar-refractivity contribution in [1.29, 1.82) is 0 Å². The smallest absolute Gasteiger partial charge is 0.409 e. The second-order valence-electron chi connectivity index (χ2n) is 1.21. The summed E-state index contributed by atoms with van der Waals surface area (Å²) in [6, 6.07) is 2.76. The van der Waals surface area contributed by atoms with Gasteiger partial charge in [0.05, 0.1) is 12.3 Å². The van der Waals surface area contributed by atoms with Crippen LogP contribution in [-0.2, 0) is 0 Å². The highest BCUT2D eigenvalue weighted by molar-refractivity contribution is 5.11. The molecule has 10 heavy (non-hydrogen) atoms. The molecule has 1 heterocycles. The Bertz CT molecular complexity index is 193. The lowest BCUT2D eigenvalue weighted by atomic mass is 10.6. The standard InChI is InChI=1S/C4H3NO3.C2H4/c6-5(7)4-2-1-3-8-4;1-2/h1-3H;1-2H2. The first-order valence-electron chi connectivity index (χ1n) is 2.48. The van der Waals surface area contributed by atoms with Crippen molar-refractivity contribution >= 4 is 5.88 Å². The molecular formula is C6H7NO3. The van der Waals surface area contributed by atoms with E-state index >= 15 is 0 Å². The molecular weight excluding hydrogens is 134 g/mol. The van der Waals surface area contributed by atoms with Gasteiger partial charge in [0.1, 0.15) is 4.92 Å². The van der Waals surface area contributed by atoms with Gasteiger partial charge in [-0.3, -0.25) is 10.1 Å². The first-order valence-corrected chi connectivity index (χ1v) is 2.48. The van der Waals surface area contributed by atoms with Gasteiger partial charge >= 0.3 is 5.88 Å². The van der Waals surface area contributed by atoms with Crippen LogP contribution >= 0.6 is 0 Å². The third kappa shape index (κ3) is 2.13. The lowest BCUT2D eigenvalue weighted by Gasteiger charge is -1.76. The van der Waals surface area contributed by atoms with E-state index in [1.165, 1.54) is 18.4 Å². The van der Waals surface area contributed by atoms with Crippen molar-refractivity contribution in [2.45, 2.75) is 0 Å². The van der Waals surface area contributed by atoms with Crippen LogP contribution in [0, 0.1) is 10.1 Å². The highest BCUT2D eigenvalue weighted by Gasteiger charge is 2.04. The number of nitro groups is 1. The number of nitrogens with zero attached hydrogens (tertiary/aromatic N) is 1. The Morgan fingerprint density at radius 2 is 2.20 bits per heavy atom. The minimum atomic E-state index is -0.583. The first kappa shape index (κ1) is 8.42. The van der Waals surface area contributed by atoms with Crippen molar-refractivity contribution < 1.29 is 9.34 Å². The van der Waals surface area contributed by atoms with Crippen LogP contribution in [0.2, 0.25) is 0 Å². The summed E-state index contributed by atoms with van der Waals surface area (Å²) in [5.41, 5.74) is 0.